The average molecular weight is 156 g/mol. The van der Waals surface area contributed by atoms with Crippen molar-refractivity contribution in [3.8, 4) is 0 Å². The van der Waals surface area contributed by atoms with E-state index < -0.39 is 0 Å². The van der Waals surface area contributed by atoms with Crippen molar-refractivity contribution in [2.75, 3.05) is 6.61 Å². The molecule has 11 heavy (non-hydrogen) atoms. The van der Waals surface area contributed by atoms with Gasteiger partial charge >= 0.3 is 0 Å². The predicted octanol–water partition coefficient (Wildman–Crippen LogP) is 2.99. The molecule has 0 saturated carbocycles. The normalized spacial score (nSPS) is 32.2. The molecule has 1 rings (SSSR count). The highest BCUT2D eigenvalue weighted by Crippen LogP contribution is 2.22. The molecule has 66 valence electrons. The number of hydrogen-bond acceptors (Lipinski definition) is 1. The molecule has 0 aromatic rings. The van der Waals surface area contributed by atoms with E-state index >= 15 is 0 Å². The van der Waals surface area contributed by atoms with Crippen LogP contribution in [0.3, 0.4) is 0 Å². The van der Waals surface area contributed by atoms with E-state index in [4.69, 9.17) is 4.74 Å². The van der Waals surface area contributed by atoms with Gasteiger partial charge in [-0.3, -0.25) is 0 Å². The number of rotatable bonds is 3. The maximum absolute atomic E-state index is 5.65. The summed E-state index contributed by atoms with van der Waals surface area (Å²) in [5.41, 5.74) is 0. The molecule has 0 aromatic heterocycles. The van der Waals surface area contributed by atoms with Gasteiger partial charge in [0.1, 0.15) is 0 Å². The molecule has 0 bridgehead atoms. The minimum Gasteiger partial charge on any atom is -0.378 e. The zero-order valence-corrected chi connectivity index (χ0v) is 7.81. The quantitative estimate of drug-likeness (QED) is 0.610. The third-order valence-electron chi connectivity index (χ3n) is 2.51. The molecule has 0 aliphatic carbocycles. The van der Waals surface area contributed by atoms with Crippen molar-refractivity contribution in [3.63, 3.8) is 0 Å². The maximum atomic E-state index is 5.65. The van der Waals surface area contributed by atoms with Crippen molar-refractivity contribution in [2.45, 2.75) is 52.1 Å². The Hall–Kier alpha value is -0.0400. The molecule has 2 atom stereocenters. The van der Waals surface area contributed by atoms with Gasteiger partial charge in [0.25, 0.3) is 0 Å². The fourth-order valence-corrected chi connectivity index (χ4v) is 1.70. The van der Waals surface area contributed by atoms with Crippen LogP contribution in [0.25, 0.3) is 0 Å². The van der Waals surface area contributed by atoms with Crippen LogP contribution in [0.4, 0.5) is 0 Å². The maximum Gasteiger partial charge on any atom is 0.0577 e. The summed E-state index contributed by atoms with van der Waals surface area (Å²) in [4.78, 5) is 0. The summed E-state index contributed by atoms with van der Waals surface area (Å²) in [6.07, 6.45) is 7.05. The Labute approximate surface area is 70.1 Å². The lowest BCUT2D eigenvalue weighted by Gasteiger charge is -2.27. The van der Waals surface area contributed by atoms with Crippen LogP contribution in [0, 0.1) is 5.92 Å². The SMILES string of the molecule is CCCCC1CC(C)CCO1. The molecule has 2 unspecified atom stereocenters. The van der Waals surface area contributed by atoms with E-state index in [-0.39, 0.29) is 0 Å². The van der Waals surface area contributed by atoms with Crippen LogP contribution in [0.15, 0.2) is 0 Å². The van der Waals surface area contributed by atoms with Gasteiger partial charge in [0.05, 0.1) is 6.10 Å². The lowest BCUT2D eigenvalue weighted by Crippen LogP contribution is -2.23. The largest absolute Gasteiger partial charge is 0.378 e. The first kappa shape index (κ1) is 9.05. The van der Waals surface area contributed by atoms with Gasteiger partial charge in [0, 0.05) is 6.61 Å². The molecule has 1 heterocycles. The van der Waals surface area contributed by atoms with Crippen LogP contribution < -0.4 is 0 Å². The van der Waals surface area contributed by atoms with Crippen LogP contribution in [-0.4, -0.2) is 12.7 Å². The van der Waals surface area contributed by atoms with Crippen molar-refractivity contribution in [1.29, 1.82) is 0 Å². The Morgan fingerprint density at radius 3 is 2.91 bits per heavy atom. The molecule has 1 fully saturated rings. The zero-order valence-electron chi connectivity index (χ0n) is 7.81. The molecule has 1 saturated heterocycles. The highest BCUT2D eigenvalue weighted by molar-refractivity contribution is 4.68. The Morgan fingerprint density at radius 2 is 2.27 bits per heavy atom. The zero-order chi connectivity index (χ0) is 8.10. The second kappa shape index (κ2) is 4.76. The predicted molar refractivity (Wildman–Crippen MR) is 47.7 cm³/mol. The highest BCUT2D eigenvalue weighted by Gasteiger charge is 2.18. The fraction of sp³-hybridized carbons (Fsp3) is 1.00. The van der Waals surface area contributed by atoms with Gasteiger partial charge in [-0.05, 0) is 25.2 Å². The Balaban J connectivity index is 2.12. The minimum absolute atomic E-state index is 0.582. The molecular formula is C10H20O. The van der Waals surface area contributed by atoms with Gasteiger partial charge in [0.2, 0.25) is 0 Å². The first-order valence-corrected chi connectivity index (χ1v) is 4.94. The highest BCUT2D eigenvalue weighted by atomic mass is 16.5. The summed E-state index contributed by atoms with van der Waals surface area (Å²) in [7, 11) is 0. The number of hydrogen-bond donors (Lipinski definition) is 0. The summed E-state index contributed by atoms with van der Waals surface area (Å²) in [5.74, 6) is 0.894. The molecule has 1 nitrogen and oxygen atoms in total. The molecule has 1 heteroatoms. The number of ether oxygens (including phenoxy) is 1. The van der Waals surface area contributed by atoms with Gasteiger partial charge < -0.3 is 4.74 Å². The van der Waals surface area contributed by atoms with E-state index in [0.717, 1.165) is 12.5 Å². The fourth-order valence-electron chi connectivity index (χ4n) is 1.70. The minimum atomic E-state index is 0.582. The standard InChI is InChI=1S/C10H20O/c1-3-4-5-10-8-9(2)6-7-11-10/h9-10H,3-8H2,1-2H3. The van der Waals surface area contributed by atoms with Gasteiger partial charge in [-0.1, -0.05) is 26.7 Å². The lowest BCUT2D eigenvalue weighted by molar-refractivity contribution is -0.0103. The topological polar surface area (TPSA) is 9.23 Å². The molecule has 0 radical (unpaired) electrons. The van der Waals surface area contributed by atoms with Crippen LogP contribution in [0.5, 0.6) is 0 Å². The molecule has 0 N–H and O–H groups in total. The van der Waals surface area contributed by atoms with Gasteiger partial charge in [-0.15, -0.1) is 0 Å². The van der Waals surface area contributed by atoms with Crippen LogP contribution in [0.1, 0.15) is 46.0 Å². The first-order chi connectivity index (χ1) is 5.33. The van der Waals surface area contributed by atoms with E-state index in [2.05, 4.69) is 13.8 Å². The van der Waals surface area contributed by atoms with Crippen molar-refractivity contribution in [3.05, 3.63) is 0 Å². The molecule has 0 amide bonds. The summed E-state index contributed by atoms with van der Waals surface area (Å²) >= 11 is 0. The Morgan fingerprint density at radius 1 is 1.45 bits per heavy atom. The smallest absolute Gasteiger partial charge is 0.0577 e. The molecular weight excluding hydrogens is 136 g/mol. The number of unbranched alkanes of at least 4 members (excludes halogenated alkanes) is 1. The van der Waals surface area contributed by atoms with Crippen molar-refractivity contribution >= 4 is 0 Å². The van der Waals surface area contributed by atoms with Crippen molar-refractivity contribution in [1.82, 2.24) is 0 Å². The summed E-state index contributed by atoms with van der Waals surface area (Å²) < 4.78 is 5.65. The van der Waals surface area contributed by atoms with E-state index in [1.807, 2.05) is 0 Å². The molecule has 0 spiro atoms. The van der Waals surface area contributed by atoms with E-state index in [1.54, 1.807) is 0 Å². The summed E-state index contributed by atoms with van der Waals surface area (Å²) in [6.45, 7) is 5.57. The third kappa shape index (κ3) is 3.24. The van der Waals surface area contributed by atoms with Crippen LogP contribution in [0.2, 0.25) is 0 Å². The van der Waals surface area contributed by atoms with E-state index in [9.17, 15) is 0 Å². The molecule has 1 aliphatic rings. The molecule has 0 aromatic carbocycles. The van der Waals surface area contributed by atoms with E-state index in [1.165, 1.54) is 32.1 Å². The second-order valence-electron chi connectivity index (χ2n) is 3.76. The van der Waals surface area contributed by atoms with Crippen molar-refractivity contribution in [2.24, 2.45) is 5.92 Å². The van der Waals surface area contributed by atoms with Crippen molar-refractivity contribution < 1.29 is 4.74 Å². The Bertz CT molecular complexity index is 101. The monoisotopic (exact) mass is 156 g/mol. The molecule has 1 aliphatic heterocycles. The third-order valence-corrected chi connectivity index (χ3v) is 2.51. The Kier molecular flexibility index (Phi) is 3.92. The first-order valence-electron chi connectivity index (χ1n) is 4.94. The summed E-state index contributed by atoms with van der Waals surface area (Å²) in [5, 5.41) is 0. The summed E-state index contributed by atoms with van der Waals surface area (Å²) in [6, 6.07) is 0. The van der Waals surface area contributed by atoms with Crippen LogP contribution >= 0.6 is 0 Å². The van der Waals surface area contributed by atoms with E-state index in [0.29, 0.717) is 6.10 Å². The average Bonchev–Trinajstić information content (AvgIpc) is 2.01. The van der Waals surface area contributed by atoms with Crippen LogP contribution in [-0.2, 0) is 4.74 Å². The second-order valence-corrected chi connectivity index (χ2v) is 3.76. The van der Waals surface area contributed by atoms with Gasteiger partial charge in [-0.25, -0.2) is 0 Å². The van der Waals surface area contributed by atoms with Gasteiger partial charge in [0.15, 0.2) is 0 Å². The van der Waals surface area contributed by atoms with Gasteiger partial charge in [-0.2, -0.15) is 0 Å². The lowest BCUT2D eigenvalue weighted by atomic mass is 9.95.